The van der Waals surface area contributed by atoms with E-state index in [9.17, 15) is 23.4 Å². The summed E-state index contributed by atoms with van der Waals surface area (Å²) in [5.41, 5.74) is -2.05. The fourth-order valence-corrected chi connectivity index (χ4v) is 3.31. The van der Waals surface area contributed by atoms with E-state index >= 15 is 0 Å². The van der Waals surface area contributed by atoms with Crippen molar-refractivity contribution in [3.63, 3.8) is 0 Å². The summed E-state index contributed by atoms with van der Waals surface area (Å²) >= 11 is 0. The fourth-order valence-electron chi connectivity index (χ4n) is 3.31. The highest BCUT2D eigenvalue weighted by Crippen LogP contribution is 2.33. The summed E-state index contributed by atoms with van der Waals surface area (Å²) in [6.07, 6.45) is -1.56. The van der Waals surface area contributed by atoms with Gasteiger partial charge in [0.2, 0.25) is 5.88 Å². The van der Waals surface area contributed by atoms with Gasteiger partial charge in [0.25, 0.3) is 0 Å². The molecule has 7 nitrogen and oxygen atoms in total. The normalized spacial score (nSPS) is 17.1. The van der Waals surface area contributed by atoms with Crippen molar-refractivity contribution in [1.82, 2.24) is 20.3 Å². The van der Waals surface area contributed by atoms with E-state index in [0.29, 0.717) is 17.1 Å². The molecule has 166 valence electrons. The van der Waals surface area contributed by atoms with Gasteiger partial charge in [-0.3, -0.25) is 0 Å². The predicted molar refractivity (Wildman–Crippen MR) is 105 cm³/mol. The van der Waals surface area contributed by atoms with E-state index in [1.165, 1.54) is 18.3 Å². The van der Waals surface area contributed by atoms with Crippen molar-refractivity contribution in [1.29, 1.82) is 0 Å². The smallest absolute Gasteiger partial charge is 0.433 e. The summed E-state index contributed by atoms with van der Waals surface area (Å²) in [5.74, 6) is 0.295. The predicted octanol–water partition coefficient (Wildman–Crippen LogP) is 2.35. The number of ether oxygens (including phenoxy) is 1. The fraction of sp³-hybridized carbons (Fsp3) is 0.526. The van der Waals surface area contributed by atoms with Crippen LogP contribution >= 0.6 is 12.4 Å². The number of nitrogens with one attached hydrogen (secondary N) is 1. The first-order chi connectivity index (χ1) is 13.7. The molecule has 3 N–H and O–H groups in total. The lowest BCUT2D eigenvalue weighted by molar-refractivity contribution is -0.141. The summed E-state index contributed by atoms with van der Waals surface area (Å²) in [6, 6.07) is 3.25. The second kappa shape index (κ2) is 9.86. The lowest BCUT2D eigenvalue weighted by Gasteiger charge is -2.31. The van der Waals surface area contributed by atoms with Crippen LogP contribution in [0.4, 0.5) is 13.2 Å². The van der Waals surface area contributed by atoms with Crippen molar-refractivity contribution >= 4 is 12.4 Å². The molecule has 30 heavy (non-hydrogen) atoms. The Morgan fingerprint density at radius 3 is 2.53 bits per heavy atom. The van der Waals surface area contributed by atoms with Crippen LogP contribution in [0.15, 0.2) is 24.4 Å². The van der Waals surface area contributed by atoms with Crippen LogP contribution in [0.5, 0.6) is 5.88 Å². The minimum atomic E-state index is -4.61. The first-order valence-corrected chi connectivity index (χ1v) is 9.28. The van der Waals surface area contributed by atoms with Gasteiger partial charge in [-0.25, -0.2) is 15.0 Å². The van der Waals surface area contributed by atoms with E-state index in [1.54, 1.807) is 6.92 Å². The molecule has 0 aliphatic carbocycles. The number of aliphatic hydroxyl groups excluding tert-OH is 1. The summed E-state index contributed by atoms with van der Waals surface area (Å²) < 4.78 is 43.9. The maximum absolute atomic E-state index is 12.8. The molecule has 1 atom stereocenters. The SMILES string of the molecule is Cc1ncc(C(O)(CO)COc2cccc(C(F)(F)F)n2)c(C2CCNCC2)n1.Cl. The molecule has 0 bridgehead atoms. The molecule has 2 aromatic heterocycles. The summed E-state index contributed by atoms with van der Waals surface area (Å²) in [7, 11) is 0. The number of aromatic nitrogens is 3. The van der Waals surface area contributed by atoms with Crippen LogP contribution in [-0.2, 0) is 11.8 Å². The molecule has 0 saturated carbocycles. The van der Waals surface area contributed by atoms with Gasteiger partial charge >= 0.3 is 6.18 Å². The molecule has 1 unspecified atom stereocenters. The zero-order valence-electron chi connectivity index (χ0n) is 16.3. The summed E-state index contributed by atoms with van der Waals surface area (Å²) in [5, 5.41) is 24.2. The van der Waals surface area contributed by atoms with Crippen LogP contribution in [0.1, 0.15) is 41.5 Å². The molecule has 0 spiro atoms. The van der Waals surface area contributed by atoms with E-state index in [1.807, 2.05) is 0 Å². The van der Waals surface area contributed by atoms with Crippen molar-refractivity contribution in [2.24, 2.45) is 0 Å². The van der Waals surface area contributed by atoms with Gasteiger partial charge < -0.3 is 20.3 Å². The minimum Gasteiger partial charge on any atom is -0.474 e. The number of halogens is 4. The van der Waals surface area contributed by atoms with Crippen molar-refractivity contribution in [3.8, 4) is 5.88 Å². The summed E-state index contributed by atoms with van der Waals surface area (Å²) in [4.78, 5) is 12.0. The zero-order chi connectivity index (χ0) is 21.1. The van der Waals surface area contributed by atoms with Gasteiger partial charge in [-0.15, -0.1) is 12.4 Å². The van der Waals surface area contributed by atoms with Crippen molar-refractivity contribution in [3.05, 3.63) is 47.2 Å². The Labute approximate surface area is 178 Å². The Kier molecular flexibility index (Phi) is 7.98. The van der Waals surface area contributed by atoms with Crippen LogP contribution in [0, 0.1) is 6.92 Å². The molecular formula is C19H24ClF3N4O3. The highest BCUT2D eigenvalue weighted by molar-refractivity contribution is 5.85. The Bertz CT molecular complexity index is 850. The monoisotopic (exact) mass is 448 g/mol. The maximum atomic E-state index is 12.8. The van der Waals surface area contributed by atoms with Gasteiger partial charge in [-0.1, -0.05) is 6.07 Å². The number of aliphatic hydroxyl groups is 2. The average molecular weight is 449 g/mol. The van der Waals surface area contributed by atoms with Crippen LogP contribution < -0.4 is 10.1 Å². The molecule has 1 aliphatic rings. The molecule has 2 aromatic rings. The van der Waals surface area contributed by atoms with Gasteiger partial charge in [0.05, 0.1) is 12.3 Å². The number of nitrogens with zero attached hydrogens (tertiary/aromatic N) is 3. The van der Waals surface area contributed by atoms with E-state index in [4.69, 9.17) is 4.74 Å². The number of aryl methyl sites for hydroxylation is 1. The number of hydrogen-bond acceptors (Lipinski definition) is 7. The Morgan fingerprint density at radius 1 is 1.20 bits per heavy atom. The third-order valence-corrected chi connectivity index (χ3v) is 4.90. The largest absolute Gasteiger partial charge is 0.474 e. The Morgan fingerprint density at radius 2 is 1.90 bits per heavy atom. The van der Waals surface area contributed by atoms with Crippen LogP contribution in [-0.4, -0.2) is 51.5 Å². The number of rotatable bonds is 6. The highest BCUT2D eigenvalue weighted by Gasteiger charge is 2.37. The number of piperidine rings is 1. The zero-order valence-corrected chi connectivity index (χ0v) is 17.1. The molecule has 3 heterocycles. The minimum absolute atomic E-state index is 0. The van der Waals surface area contributed by atoms with Crippen molar-refractivity contribution in [2.75, 3.05) is 26.3 Å². The van der Waals surface area contributed by atoms with Gasteiger partial charge in [0.1, 0.15) is 23.7 Å². The van der Waals surface area contributed by atoms with E-state index in [2.05, 4.69) is 20.3 Å². The third-order valence-electron chi connectivity index (χ3n) is 4.90. The lowest BCUT2D eigenvalue weighted by Crippen LogP contribution is -2.40. The van der Waals surface area contributed by atoms with E-state index in [0.717, 1.165) is 32.0 Å². The van der Waals surface area contributed by atoms with Crippen molar-refractivity contribution in [2.45, 2.75) is 37.5 Å². The molecule has 3 rings (SSSR count). The molecule has 0 aromatic carbocycles. The molecular weight excluding hydrogens is 425 g/mol. The van der Waals surface area contributed by atoms with E-state index in [-0.39, 0.29) is 24.2 Å². The molecule has 0 amide bonds. The van der Waals surface area contributed by atoms with Gasteiger partial charge in [-0.2, -0.15) is 13.2 Å². The number of alkyl halides is 3. The summed E-state index contributed by atoms with van der Waals surface area (Å²) in [6.45, 7) is 2.12. The van der Waals surface area contributed by atoms with Crippen LogP contribution in [0.2, 0.25) is 0 Å². The molecule has 1 saturated heterocycles. The van der Waals surface area contributed by atoms with Crippen LogP contribution in [0.3, 0.4) is 0 Å². The molecule has 11 heteroatoms. The second-order valence-corrected chi connectivity index (χ2v) is 7.08. The Balaban J connectivity index is 0.00000320. The molecule has 1 aliphatic heterocycles. The average Bonchev–Trinajstić information content (AvgIpc) is 2.72. The number of pyridine rings is 1. The Hall–Kier alpha value is -2.01. The van der Waals surface area contributed by atoms with Gasteiger partial charge in [0.15, 0.2) is 0 Å². The lowest BCUT2D eigenvalue weighted by atomic mass is 9.85. The molecule has 1 fully saturated rings. The van der Waals surface area contributed by atoms with E-state index < -0.39 is 30.7 Å². The van der Waals surface area contributed by atoms with Gasteiger partial charge in [0, 0.05) is 23.7 Å². The molecule has 0 radical (unpaired) electrons. The quantitative estimate of drug-likeness (QED) is 0.623. The maximum Gasteiger partial charge on any atom is 0.433 e. The standard InChI is InChI=1S/C19H23F3N4O3.ClH/c1-12-24-9-14(17(25-12)13-5-7-23-8-6-13)18(28,10-27)11-29-16-4-2-3-15(26-16)19(20,21)22;/h2-4,9,13,23,27-28H,5-8,10-11H2,1H3;1H. The first-order valence-electron chi connectivity index (χ1n) is 9.28. The third kappa shape index (κ3) is 5.57. The number of hydrogen-bond donors (Lipinski definition) is 3. The second-order valence-electron chi connectivity index (χ2n) is 7.08. The van der Waals surface area contributed by atoms with Crippen molar-refractivity contribution < 1.29 is 28.1 Å². The topological polar surface area (TPSA) is 100 Å². The van der Waals surface area contributed by atoms with Gasteiger partial charge in [-0.05, 0) is 38.9 Å². The van der Waals surface area contributed by atoms with Crippen LogP contribution in [0.25, 0.3) is 0 Å². The highest BCUT2D eigenvalue weighted by atomic mass is 35.5. The first kappa shape index (κ1) is 24.3.